The molecule has 2 rings (SSSR count). The number of carboxylic acid groups (broad SMARTS) is 1. The third-order valence-electron chi connectivity index (χ3n) is 3.56. The molecule has 0 bridgehead atoms. The van der Waals surface area contributed by atoms with Gasteiger partial charge in [0.1, 0.15) is 11.8 Å². The fourth-order valence-corrected chi connectivity index (χ4v) is 2.31. The van der Waals surface area contributed by atoms with E-state index >= 15 is 0 Å². The predicted octanol–water partition coefficient (Wildman–Crippen LogP) is 3.54. The highest BCUT2D eigenvalue weighted by Crippen LogP contribution is 2.23. The molecule has 0 aliphatic heterocycles. The number of carbonyl (C=O) groups is 2. The second kappa shape index (κ2) is 8.39. The number of nitriles is 1. The molecule has 8 nitrogen and oxygen atoms in total. The molecule has 8 heteroatoms. The molecule has 0 saturated carbocycles. The minimum absolute atomic E-state index is 0.362. The number of carbonyl (C=O) groups excluding carboxylic acids is 1. The molecule has 0 spiro atoms. The van der Waals surface area contributed by atoms with E-state index in [0.29, 0.717) is 28.3 Å². The summed E-state index contributed by atoms with van der Waals surface area (Å²) >= 11 is 0. The first-order chi connectivity index (χ1) is 12.4. The first-order valence-electron chi connectivity index (χ1n) is 7.68. The Hall–Kier alpha value is -3.73. The number of nitrogens with one attached hydrogen (secondary N) is 3. The van der Waals surface area contributed by atoms with Gasteiger partial charge in [0.2, 0.25) is 0 Å². The van der Waals surface area contributed by atoms with E-state index in [9.17, 15) is 9.59 Å². The van der Waals surface area contributed by atoms with Crippen molar-refractivity contribution in [1.82, 2.24) is 5.32 Å². The van der Waals surface area contributed by atoms with E-state index in [1.807, 2.05) is 6.07 Å². The molecule has 26 heavy (non-hydrogen) atoms. The highest BCUT2D eigenvalue weighted by atomic mass is 16.5. The van der Waals surface area contributed by atoms with Crippen LogP contribution in [0.5, 0.6) is 5.75 Å². The van der Waals surface area contributed by atoms with Crippen LogP contribution in [0.2, 0.25) is 0 Å². The summed E-state index contributed by atoms with van der Waals surface area (Å²) in [6, 6.07) is 12.6. The van der Waals surface area contributed by atoms with Crippen LogP contribution in [0, 0.1) is 11.3 Å². The number of ether oxygens (including phenoxy) is 1. The summed E-state index contributed by atoms with van der Waals surface area (Å²) in [5, 5.41) is 25.4. The van der Waals surface area contributed by atoms with Crippen molar-refractivity contribution in [3.8, 4) is 11.8 Å². The van der Waals surface area contributed by atoms with Gasteiger partial charge in [0, 0.05) is 17.4 Å². The summed E-state index contributed by atoms with van der Waals surface area (Å²) < 4.78 is 5.10. The number of urea groups is 1. The largest absolute Gasteiger partial charge is 0.495 e. The Morgan fingerprint density at radius 2 is 1.85 bits per heavy atom. The minimum atomic E-state index is -1.12. The molecule has 0 fully saturated rings. The first-order valence-corrected chi connectivity index (χ1v) is 7.68. The Morgan fingerprint density at radius 1 is 1.15 bits per heavy atom. The van der Waals surface area contributed by atoms with E-state index in [1.165, 1.54) is 7.11 Å². The lowest BCUT2D eigenvalue weighted by molar-refractivity contribution is 0.191. The normalized spacial score (nSPS) is 11.0. The summed E-state index contributed by atoms with van der Waals surface area (Å²) in [6.45, 7) is 1.70. The van der Waals surface area contributed by atoms with Crippen molar-refractivity contribution in [3.63, 3.8) is 0 Å². The summed E-state index contributed by atoms with van der Waals surface area (Å²) in [5.74, 6) is 0.362. The number of hydrogen-bond acceptors (Lipinski definition) is 4. The molecule has 4 N–H and O–H groups in total. The molecule has 2 aromatic rings. The molecule has 2 aromatic carbocycles. The van der Waals surface area contributed by atoms with Gasteiger partial charge in [0.25, 0.3) is 0 Å². The number of anilines is 2. The quantitative estimate of drug-likeness (QED) is 0.654. The summed E-state index contributed by atoms with van der Waals surface area (Å²) in [5.41, 5.74) is 2.06. The maximum atomic E-state index is 12.2. The van der Waals surface area contributed by atoms with Crippen LogP contribution in [0.3, 0.4) is 0 Å². The minimum Gasteiger partial charge on any atom is -0.495 e. The Balaban J connectivity index is 2.06. The van der Waals surface area contributed by atoms with Gasteiger partial charge in [-0.2, -0.15) is 5.26 Å². The highest BCUT2D eigenvalue weighted by molar-refractivity contribution is 6.00. The fourth-order valence-electron chi connectivity index (χ4n) is 2.31. The number of amides is 3. The molecule has 0 unspecified atom stereocenters. The van der Waals surface area contributed by atoms with Crippen LogP contribution in [0.4, 0.5) is 21.0 Å². The van der Waals surface area contributed by atoms with Crippen molar-refractivity contribution in [2.24, 2.45) is 0 Å². The van der Waals surface area contributed by atoms with Crippen LogP contribution in [-0.4, -0.2) is 24.3 Å². The number of benzene rings is 2. The average molecular weight is 354 g/mol. The summed E-state index contributed by atoms with van der Waals surface area (Å²) in [6.07, 6.45) is -1.12. The molecule has 0 radical (unpaired) electrons. The van der Waals surface area contributed by atoms with Crippen molar-refractivity contribution >= 4 is 23.5 Å². The van der Waals surface area contributed by atoms with Crippen LogP contribution >= 0.6 is 0 Å². The predicted molar refractivity (Wildman–Crippen MR) is 96.4 cm³/mol. The molecule has 0 aromatic heterocycles. The van der Waals surface area contributed by atoms with Crippen molar-refractivity contribution in [2.45, 2.75) is 13.0 Å². The maximum Gasteiger partial charge on any atom is 0.405 e. The molecule has 0 aliphatic rings. The van der Waals surface area contributed by atoms with Crippen LogP contribution in [0.1, 0.15) is 24.1 Å². The van der Waals surface area contributed by atoms with Crippen LogP contribution in [-0.2, 0) is 0 Å². The Kier molecular flexibility index (Phi) is 6.01. The van der Waals surface area contributed by atoms with E-state index in [4.69, 9.17) is 15.1 Å². The van der Waals surface area contributed by atoms with Gasteiger partial charge >= 0.3 is 12.1 Å². The maximum absolute atomic E-state index is 12.2. The highest BCUT2D eigenvalue weighted by Gasteiger charge is 2.10. The van der Waals surface area contributed by atoms with Crippen LogP contribution in [0.15, 0.2) is 42.5 Å². The summed E-state index contributed by atoms with van der Waals surface area (Å²) in [4.78, 5) is 22.9. The van der Waals surface area contributed by atoms with E-state index in [-0.39, 0.29) is 0 Å². The van der Waals surface area contributed by atoms with Gasteiger partial charge in [-0.3, -0.25) is 0 Å². The topological polar surface area (TPSA) is 123 Å². The molecule has 134 valence electrons. The number of hydrogen-bond donors (Lipinski definition) is 4. The third kappa shape index (κ3) is 4.88. The Labute approximate surface area is 150 Å². The van der Waals surface area contributed by atoms with E-state index in [1.54, 1.807) is 49.4 Å². The van der Waals surface area contributed by atoms with Gasteiger partial charge < -0.3 is 25.8 Å². The number of nitrogens with zero attached hydrogens (tertiary/aromatic N) is 1. The molecule has 0 saturated heterocycles. The van der Waals surface area contributed by atoms with Gasteiger partial charge in [0.05, 0.1) is 18.7 Å². The van der Waals surface area contributed by atoms with Gasteiger partial charge in [-0.15, -0.1) is 0 Å². The van der Waals surface area contributed by atoms with Gasteiger partial charge in [0.15, 0.2) is 0 Å². The van der Waals surface area contributed by atoms with E-state index in [0.717, 1.165) is 0 Å². The van der Waals surface area contributed by atoms with Gasteiger partial charge in [-0.1, -0.05) is 12.1 Å². The van der Waals surface area contributed by atoms with Gasteiger partial charge in [-0.25, -0.2) is 9.59 Å². The number of methoxy groups -OCH3 is 1. The standard InChI is InChI=1S/C18H18N4O4/c1-11(20-18(24)25)12-4-3-5-14(8-12)21-17(23)22-15-7-6-13(10-19)16(9-15)26-2/h3-9,11,20H,1-2H3,(H,24,25)(H2,21,22,23)/t11-/m0/s1. The zero-order valence-electron chi connectivity index (χ0n) is 14.2. The zero-order chi connectivity index (χ0) is 19.1. The van der Waals surface area contributed by atoms with Crippen molar-refractivity contribution in [1.29, 1.82) is 5.26 Å². The molecular weight excluding hydrogens is 336 g/mol. The second-order valence-corrected chi connectivity index (χ2v) is 5.40. The zero-order valence-corrected chi connectivity index (χ0v) is 14.2. The van der Waals surface area contributed by atoms with Crippen molar-refractivity contribution < 1.29 is 19.4 Å². The smallest absolute Gasteiger partial charge is 0.405 e. The molecular formula is C18H18N4O4. The molecule has 0 aliphatic carbocycles. The lowest BCUT2D eigenvalue weighted by atomic mass is 10.1. The monoisotopic (exact) mass is 354 g/mol. The fraction of sp³-hybridized carbons (Fsp3) is 0.167. The van der Waals surface area contributed by atoms with Crippen molar-refractivity contribution in [2.75, 3.05) is 17.7 Å². The second-order valence-electron chi connectivity index (χ2n) is 5.40. The number of rotatable bonds is 5. The van der Waals surface area contributed by atoms with Gasteiger partial charge in [-0.05, 0) is 36.8 Å². The Bertz CT molecular complexity index is 861. The third-order valence-corrected chi connectivity index (χ3v) is 3.56. The first kappa shape index (κ1) is 18.6. The van der Waals surface area contributed by atoms with Crippen LogP contribution < -0.4 is 20.7 Å². The van der Waals surface area contributed by atoms with Crippen LogP contribution in [0.25, 0.3) is 0 Å². The average Bonchev–Trinajstić information content (AvgIpc) is 2.61. The van der Waals surface area contributed by atoms with E-state index < -0.39 is 18.2 Å². The molecule has 3 amide bonds. The van der Waals surface area contributed by atoms with Crippen molar-refractivity contribution in [3.05, 3.63) is 53.6 Å². The van der Waals surface area contributed by atoms with E-state index in [2.05, 4.69) is 16.0 Å². The summed E-state index contributed by atoms with van der Waals surface area (Å²) in [7, 11) is 1.44. The molecule has 0 heterocycles. The SMILES string of the molecule is COc1cc(NC(=O)Nc2cccc([C@H](C)NC(=O)O)c2)ccc1C#N. The molecule has 1 atom stereocenters. The Morgan fingerprint density at radius 3 is 2.46 bits per heavy atom. The lowest BCUT2D eigenvalue weighted by Gasteiger charge is -2.14. The lowest BCUT2D eigenvalue weighted by Crippen LogP contribution is -2.24.